The Morgan fingerprint density at radius 2 is 1.60 bits per heavy atom. The number of hydrogen-bond acceptors (Lipinski definition) is 2. The van der Waals surface area contributed by atoms with E-state index < -0.39 is 16.4 Å². The van der Waals surface area contributed by atoms with Gasteiger partial charge in [0.05, 0.1) is 21.7 Å². The first-order valence-corrected chi connectivity index (χ1v) is 8.45. The van der Waals surface area contributed by atoms with Crippen molar-refractivity contribution in [1.29, 1.82) is 0 Å². The third kappa shape index (κ3) is 2.99. The highest BCUT2D eigenvalue weighted by Crippen LogP contribution is 2.52. The van der Waals surface area contributed by atoms with Gasteiger partial charge in [0.25, 0.3) is 0 Å². The summed E-state index contributed by atoms with van der Waals surface area (Å²) >= 11 is 0. The van der Waals surface area contributed by atoms with Gasteiger partial charge in [-0.1, -0.05) is 45.9 Å². The summed E-state index contributed by atoms with van der Waals surface area (Å²) in [6.07, 6.45) is 1.66. The molecule has 1 aromatic rings. The third-order valence-corrected chi connectivity index (χ3v) is 6.55. The quantitative estimate of drug-likeness (QED) is 0.901. The first kappa shape index (κ1) is 15.7. The molecular weight excluding hydrogens is 268 g/mol. The lowest BCUT2D eigenvalue weighted by Gasteiger charge is -2.53. The van der Waals surface area contributed by atoms with E-state index >= 15 is 0 Å². The molecule has 3 heteroatoms. The van der Waals surface area contributed by atoms with E-state index in [1.807, 2.05) is 37.3 Å². The summed E-state index contributed by atoms with van der Waals surface area (Å²) in [6.45, 7) is 10.5. The van der Waals surface area contributed by atoms with E-state index in [4.69, 9.17) is 0 Å². The highest BCUT2D eigenvalue weighted by molar-refractivity contribution is 7.85. The Balaban J connectivity index is 2.41. The Morgan fingerprint density at radius 3 is 2.10 bits per heavy atom. The Labute approximate surface area is 125 Å². The first-order chi connectivity index (χ1) is 9.05. The molecule has 2 nitrogen and oxygen atoms in total. The standard InChI is InChI=1S/C17H26O2S/c1-15(2)11-16(3,4)14(17(5,18)12-15)20(19)13-9-7-6-8-10-13/h6-10,14,18H,11-12H2,1-5H3/t14-,17+,20+/m0/s1. The van der Waals surface area contributed by atoms with Crippen LogP contribution in [0.1, 0.15) is 47.5 Å². The lowest BCUT2D eigenvalue weighted by Crippen LogP contribution is -2.58. The molecule has 112 valence electrons. The van der Waals surface area contributed by atoms with E-state index in [1.54, 1.807) is 0 Å². The molecule has 0 saturated heterocycles. The first-order valence-electron chi connectivity index (χ1n) is 7.23. The molecule has 3 atom stereocenters. The molecular formula is C17H26O2S. The average molecular weight is 294 g/mol. The van der Waals surface area contributed by atoms with Crippen LogP contribution in [0.25, 0.3) is 0 Å². The third-order valence-electron chi connectivity index (χ3n) is 4.23. The van der Waals surface area contributed by atoms with Crippen LogP contribution in [0.5, 0.6) is 0 Å². The Bertz CT molecular complexity index is 483. The monoisotopic (exact) mass is 294 g/mol. The van der Waals surface area contributed by atoms with Gasteiger partial charge in [-0.2, -0.15) is 0 Å². The maximum Gasteiger partial charge on any atom is 0.0776 e. The summed E-state index contributed by atoms with van der Waals surface area (Å²) in [5.74, 6) is 0. The lowest BCUT2D eigenvalue weighted by molar-refractivity contribution is -0.0666. The van der Waals surface area contributed by atoms with Crippen LogP contribution in [0.15, 0.2) is 35.2 Å². The van der Waals surface area contributed by atoms with Crippen LogP contribution in [-0.2, 0) is 10.8 Å². The molecule has 1 aliphatic carbocycles. The van der Waals surface area contributed by atoms with Gasteiger partial charge in [-0.05, 0) is 42.7 Å². The minimum absolute atomic E-state index is 0.0738. The Kier molecular flexibility index (Phi) is 3.89. The summed E-state index contributed by atoms with van der Waals surface area (Å²) in [7, 11) is -1.19. The second-order valence-electron chi connectivity index (χ2n) is 7.85. The van der Waals surface area contributed by atoms with Crippen molar-refractivity contribution in [3.05, 3.63) is 30.3 Å². The van der Waals surface area contributed by atoms with Crippen molar-refractivity contribution in [2.45, 2.75) is 63.2 Å². The molecule has 0 unspecified atom stereocenters. The van der Waals surface area contributed by atoms with Crippen LogP contribution >= 0.6 is 0 Å². The second kappa shape index (κ2) is 4.96. The van der Waals surface area contributed by atoms with Crippen molar-refractivity contribution in [2.75, 3.05) is 0 Å². The summed E-state index contributed by atoms with van der Waals surface area (Å²) in [5, 5.41) is 10.7. The molecule has 1 N–H and O–H groups in total. The van der Waals surface area contributed by atoms with Crippen LogP contribution in [0, 0.1) is 10.8 Å². The van der Waals surface area contributed by atoms with Crippen LogP contribution in [0.4, 0.5) is 0 Å². The molecule has 0 aromatic heterocycles. The molecule has 0 spiro atoms. The molecule has 0 radical (unpaired) electrons. The molecule has 1 aromatic carbocycles. The van der Waals surface area contributed by atoms with Crippen LogP contribution in [-0.4, -0.2) is 20.2 Å². The largest absolute Gasteiger partial charge is 0.389 e. The van der Waals surface area contributed by atoms with Crippen molar-refractivity contribution in [3.63, 3.8) is 0 Å². The summed E-state index contributed by atoms with van der Waals surface area (Å²) < 4.78 is 13.0. The van der Waals surface area contributed by atoms with E-state index in [-0.39, 0.29) is 16.1 Å². The van der Waals surface area contributed by atoms with Gasteiger partial charge in [-0.15, -0.1) is 0 Å². The van der Waals surface area contributed by atoms with Gasteiger partial charge in [-0.3, -0.25) is 4.21 Å². The maximum atomic E-state index is 13.0. The minimum atomic E-state index is -1.19. The Morgan fingerprint density at radius 1 is 1.05 bits per heavy atom. The van der Waals surface area contributed by atoms with Crippen molar-refractivity contribution in [1.82, 2.24) is 0 Å². The van der Waals surface area contributed by atoms with E-state index in [1.165, 1.54) is 0 Å². The number of hydrogen-bond donors (Lipinski definition) is 1. The van der Waals surface area contributed by atoms with Gasteiger partial charge in [-0.25, -0.2) is 0 Å². The van der Waals surface area contributed by atoms with Gasteiger partial charge in [0.1, 0.15) is 0 Å². The van der Waals surface area contributed by atoms with E-state index in [2.05, 4.69) is 27.7 Å². The minimum Gasteiger partial charge on any atom is -0.389 e. The molecule has 0 heterocycles. The van der Waals surface area contributed by atoms with Gasteiger partial charge < -0.3 is 5.11 Å². The zero-order valence-electron chi connectivity index (χ0n) is 13.1. The number of aliphatic hydroxyl groups is 1. The van der Waals surface area contributed by atoms with Gasteiger partial charge in [0.2, 0.25) is 0 Å². The zero-order chi connectivity index (χ0) is 15.2. The SMILES string of the molecule is CC1(C)CC(C)(C)[C@H]([S@](=O)c2ccccc2)[C@](C)(O)C1. The summed E-state index contributed by atoms with van der Waals surface area (Å²) in [6, 6.07) is 9.52. The maximum absolute atomic E-state index is 13.0. The van der Waals surface area contributed by atoms with Crippen molar-refractivity contribution >= 4 is 10.8 Å². The fourth-order valence-electron chi connectivity index (χ4n) is 4.50. The van der Waals surface area contributed by atoms with Gasteiger partial charge in [0, 0.05) is 4.90 Å². The highest BCUT2D eigenvalue weighted by atomic mass is 32.2. The molecule has 1 saturated carbocycles. The van der Waals surface area contributed by atoms with Crippen LogP contribution < -0.4 is 0 Å². The fourth-order valence-corrected chi connectivity index (χ4v) is 6.41. The molecule has 0 amide bonds. The topological polar surface area (TPSA) is 37.3 Å². The Hall–Kier alpha value is -0.670. The van der Waals surface area contributed by atoms with Crippen LogP contribution in [0.3, 0.4) is 0 Å². The normalized spacial score (nSPS) is 33.6. The van der Waals surface area contributed by atoms with Gasteiger partial charge in [0.15, 0.2) is 0 Å². The molecule has 1 aliphatic rings. The summed E-state index contributed by atoms with van der Waals surface area (Å²) in [4.78, 5) is 0.811. The predicted molar refractivity (Wildman–Crippen MR) is 84.1 cm³/mol. The number of benzene rings is 1. The molecule has 20 heavy (non-hydrogen) atoms. The lowest BCUT2D eigenvalue weighted by atomic mass is 9.60. The molecule has 1 fully saturated rings. The van der Waals surface area contributed by atoms with Crippen molar-refractivity contribution in [3.8, 4) is 0 Å². The zero-order valence-corrected chi connectivity index (χ0v) is 14.0. The number of rotatable bonds is 2. The summed E-state index contributed by atoms with van der Waals surface area (Å²) in [5.41, 5.74) is -0.998. The molecule has 0 aliphatic heterocycles. The molecule has 0 bridgehead atoms. The predicted octanol–water partition coefficient (Wildman–Crippen LogP) is 3.76. The van der Waals surface area contributed by atoms with E-state index in [0.717, 1.165) is 11.3 Å². The van der Waals surface area contributed by atoms with E-state index in [0.29, 0.717) is 6.42 Å². The van der Waals surface area contributed by atoms with Crippen molar-refractivity contribution in [2.24, 2.45) is 10.8 Å². The van der Waals surface area contributed by atoms with E-state index in [9.17, 15) is 9.32 Å². The second-order valence-corrected chi connectivity index (χ2v) is 9.39. The highest BCUT2D eigenvalue weighted by Gasteiger charge is 2.54. The smallest absolute Gasteiger partial charge is 0.0776 e. The fraction of sp³-hybridized carbons (Fsp3) is 0.647. The van der Waals surface area contributed by atoms with Crippen LogP contribution in [0.2, 0.25) is 0 Å². The van der Waals surface area contributed by atoms with Crippen molar-refractivity contribution < 1.29 is 9.32 Å². The molecule has 2 rings (SSSR count). The average Bonchev–Trinajstić information content (AvgIpc) is 2.24. The van der Waals surface area contributed by atoms with Gasteiger partial charge >= 0.3 is 0 Å².